The van der Waals surface area contributed by atoms with Crippen LogP contribution in [0.5, 0.6) is 5.75 Å². The SMILES string of the molecule is Cn1c(Nc2ccc(I)cc2Cl)c(C(=O)Oc2ccccc2)c(=O)n(C)c1=O. The lowest BCUT2D eigenvalue weighted by atomic mass is 10.2. The molecule has 2 aromatic carbocycles. The van der Waals surface area contributed by atoms with Crippen LogP contribution in [0.25, 0.3) is 0 Å². The molecule has 3 rings (SSSR count). The third-order valence-electron chi connectivity index (χ3n) is 4.01. The van der Waals surface area contributed by atoms with Gasteiger partial charge in [0.25, 0.3) is 5.56 Å². The van der Waals surface area contributed by atoms with Crippen LogP contribution in [-0.4, -0.2) is 15.1 Å². The summed E-state index contributed by atoms with van der Waals surface area (Å²) in [6.07, 6.45) is 0. The van der Waals surface area contributed by atoms with Crippen molar-refractivity contribution in [2.24, 2.45) is 14.1 Å². The van der Waals surface area contributed by atoms with Gasteiger partial charge >= 0.3 is 11.7 Å². The fraction of sp³-hybridized carbons (Fsp3) is 0.105. The largest absolute Gasteiger partial charge is 0.423 e. The number of anilines is 2. The molecule has 0 spiro atoms. The third-order valence-corrected chi connectivity index (χ3v) is 4.99. The van der Waals surface area contributed by atoms with Crippen molar-refractivity contribution in [2.45, 2.75) is 0 Å². The molecule has 0 amide bonds. The number of nitrogens with zero attached hydrogens (tertiary/aromatic N) is 2. The van der Waals surface area contributed by atoms with Gasteiger partial charge in [-0.1, -0.05) is 29.8 Å². The average molecular weight is 512 g/mol. The van der Waals surface area contributed by atoms with Gasteiger partial charge in [-0.3, -0.25) is 13.9 Å². The Bertz CT molecular complexity index is 1170. The monoisotopic (exact) mass is 511 g/mol. The van der Waals surface area contributed by atoms with Crippen LogP contribution in [0, 0.1) is 3.57 Å². The molecule has 28 heavy (non-hydrogen) atoms. The van der Waals surface area contributed by atoms with E-state index in [4.69, 9.17) is 16.3 Å². The van der Waals surface area contributed by atoms with Crippen LogP contribution in [0.3, 0.4) is 0 Å². The molecular weight excluding hydrogens is 497 g/mol. The number of aromatic nitrogens is 2. The maximum absolute atomic E-state index is 12.8. The molecule has 0 aliphatic heterocycles. The average Bonchev–Trinajstić information content (AvgIpc) is 2.67. The van der Waals surface area contributed by atoms with E-state index < -0.39 is 17.2 Å². The third kappa shape index (κ3) is 3.97. The summed E-state index contributed by atoms with van der Waals surface area (Å²) in [5.74, 6) is -0.606. The molecule has 0 atom stereocenters. The highest BCUT2D eigenvalue weighted by Gasteiger charge is 2.24. The molecule has 0 aliphatic rings. The topological polar surface area (TPSA) is 82.3 Å². The maximum atomic E-state index is 12.8. The smallest absolute Gasteiger partial charge is 0.352 e. The Kier molecular flexibility index (Phi) is 5.90. The number of nitrogens with one attached hydrogen (secondary N) is 1. The molecule has 0 aliphatic carbocycles. The highest BCUT2D eigenvalue weighted by molar-refractivity contribution is 14.1. The van der Waals surface area contributed by atoms with Crippen molar-refractivity contribution in [3.63, 3.8) is 0 Å². The van der Waals surface area contributed by atoms with Gasteiger partial charge in [0.15, 0.2) is 5.56 Å². The second-order valence-corrected chi connectivity index (χ2v) is 7.53. The molecule has 1 aromatic heterocycles. The molecule has 144 valence electrons. The molecule has 3 aromatic rings. The fourth-order valence-electron chi connectivity index (χ4n) is 2.54. The molecule has 1 N–H and O–H groups in total. The van der Waals surface area contributed by atoms with Crippen molar-refractivity contribution >= 4 is 51.7 Å². The van der Waals surface area contributed by atoms with Crippen LogP contribution in [0.15, 0.2) is 58.1 Å². The van der Waals surface area contributed by atoms with Gasteiger partial charge in [-0.05, 0) is 52.9 Å². The van der Waals surface area contributed by atoms with Crippen LogP contribution < -0.4 is 21.3 Å². The zero-order valence-corrected chi connectivity index (χ0v) is 17.8. The van der Waals surface area contributed by atoms with E-state index in [1.807, 2.05) is 0 Å². The molecule has 1 heterocycles. The zero-order valence-electron chi connectivity index (χ0n) is 14.9. The molecule has 0 unspecified atom stereocenters. The predicted molar refractivity (Wildman–Crippen MR) is 116 cm³/mol. The first-order chi connectivity index (χ1) is 13.3. The fourth-order valence-corrected chi connectivity index (χ4v) is 3.44. The highest BCUT2D eigenvalue weighted by Crippen LogP contribution is 2.27. The predicted octanol–water partition coefficient (Wildman–Crippen LogP) is 3.30. The van der Waals surface area contributed by atoms with Crippen molar-refractivity contribution in [3.05, 3.63) is 83.5 Å². The van der Waals surface area contributed by atoms with Crippen LogP contribution in [0.1, 0.15) is 10.4 Å². The molecule has 0 radical (unpaired) electrons. The lowest BCUT2D eigenvalue weighted by molar-refractivity contribution is 0.0732. The van der Waals surface area contributed by atoms with Gasteiger partial charge in [-0.25, -0.2) is 9.59 Å². The van der Waals surface area contributed by atoms with E-state index in [0.717, 1.165) is 12.7 Å². The summed E-state index contributed by atoms with van der Waals surface area (Å²) in [6, 6.07) is 13.6. The normalized spacial score (nSPS) is 10.6. The lowest BCUT2D eigenvalue weighted by Gasteiger charge is -2.17. The standard InChI is InChI=1S/C19H15ClIN3O4/c1-23-16(22-14-9-8-11(21)10-13(14)20)15(17(25)24(2)19(23)27)18(26)28-12-6-4-3-5-7-12/h3-10,22H,1-2H3. The Morgan fingerprint density at radius 3 is 2.39 bits per heavy atom. The molecule has 0 saturated heterocycles. The van der Waals surface area contributed by atoms with E-state index >= 15 is 0 Å². The molecule has 9 heteroatoms. The minimum absolute atomic E-state index is 0.00265. The Morgan fingerprint density at radius 2 is 1.75 bits per heavy atom. The van der Waals surface area contributed by atoms with Gasteiger partial charge in [-0.15, -0.1) is 0 Å². The highest BCUT2D eigenvalue weighted by atomic mass is 127. The van der Waals surface area contributed by atoms with Crippen molar-refractivity contribution < 1.29 is 9.53 Å². The molecule has 7 nitrogen and oxygen atoms in total. The molecule has 0 saturated carbocycles. The first-order valence-electron chi connectivity index (χ1n) is 8.09. The van der Waals surface area contributed by atoms with Crippen LogP contribution >= 0.6 is 34.2 Å². The summed E-state index contributed by atoms with van der Waals surface area (Å²) in [7, 11) is 2.75. The van der Waals surface area contributed by atoms with E-state index in [1.54, 1.807) is 48.5 Å². The Hall–Kier alpha value is -2.59. The number of ether oxygens (including phenoxy) is 1. The number of hydrogen-bond acceptors (Lipinski definition) is 5. The van der Waals surface area contributed by atoms with Crippen LogP contribution in [-0.2, 0) is 14.1 Å². The summed E-state index contributed by atoms with van der Waals surface area (Å²) in [4.78, 5) is 37.8. The van der Waals surface area contributed by atoms with Crippen molar-refractivity contribution in [1.29, 1.82) is 0 Å². The van der Waals surface area contributed by atoms with E-state index in [-0.39, 0.29) is 17.1 Å². The summed E-state index contributed by atoms with van der Waals surface area (Å²) in [5.41, 5.74) is -1.22. The van der Waals surface area contributed by atoms with Gasteiger partial charge in [-0.2, -0.15) is 0 Å². The van der Waals surface area contributed by atoms with Crippen molar-refractivity contribution in [2.75, 3.05) is 5.32 Å². The van der Waals surface area contributed by atoms with Crippen LogP contribution in [0.4, 0.5) is 11.5 Å². The zero-order chi connectivity index (χ0) is 20.4. The number of hydrogen-bond donors (Lipinski definition) is 1. The minimum atomic E-state index is -0.883. The Balaban J connectivity index is 2.14. The number of halogens is 2. The molecule has 0 bridgehead atoms. The first kappa shape index (κ1) is 20.2. The van der Waals surface area contributed by atoms with Gasteiger partial charge in [0, 0.05) is 17.7 Å². The van der Waals surface area contributed by atoms with Crippen molar-refractivity contribution in [3.8, 4) is 5.75 Å². The first-order valence-corrected chi connectivity index (χ1v) is 9.54. The van der Waals surface area contributed by atoms with Gasteiger partial charge in [0.1, 0.15) is 11.6 Å². The van der Waals surface area contributed by atoms with Gasteiger partial charge in [0.05, 0.1) is 10.7 Å². The number of benzene rings is 2. The van der Waals surface area contributed by atoms with Crippen LogP contribution in [0.2, 0.25) is 5.02 Å². The number of carbonyl (C=O) groups is 1. The maximum Gasteiger partial charge on any atom is 0.352 e. The lowest BCUT2D eigenvalue weighted by Crippen LogP contribution is -2.42. The minimum Gasteiger partial charge on any atom is -0.423 e. The summed E-state index contributed by atoms with van der Waals surface area (Å²) in [6.45, 7) is 0. The van der Waals surface area contributed by atoms with E-state index in [0.29, 0.717) is 10.7 Å². The molecular formula is C19H15ClIN3O4. The number of rotatable bonds is 4. The summed E-state index contributed by atoms with van der Waals surface area (Å²) in [5, 5.41) is 3.30. The van der Waals surface area contributed by atoms with Crippen molar-refractivity contribution in [1.82, 2.24) is 9.13 Å². The molecule has 0 fully saturated rings. The van der Waals surface area contributed by atoms with Gasteiger partial charge in [0.2, 0.25) is 0 Å². The summed E-state index contributed by atoms with van der Waals surface area (Å²) >= 11 is 8.36. The Labute approximate surface area is 178 Å². The number of esters is 1. The second-order valence-electron chi connectivity index (χ2n) is 5.88. The van der Waals surface area contributed by atoms with E-state index in [9.17, 15) is 14.4 Å². The van der Waals surface area contributed by atoms with E-state index in [1.165, 1.54) is 14.1 Å². The Morgan fingerprint density at radius 1 is 1.07 bits per heavy atom. The van der Waals surface area contributed by atoms with E-state index in [2.05, 4.69) is 27.9 Å². The van der Waals surface area contributed by atoms with Gasteiger partial charge < -0.3 is 10.1 Å². The second kappa shape index (κ2) is 8.19. The number of para-hydroxylation sites is 1. The number of carbonyl (C=O) groups excluding carboxylic acids is 1. The summed E-state index contributed by atoms with van der Waals surface area (Å²) < 4.78 is 8.24. The quantitative estimate of drug-likeness (QED) is 0.330.